The molecule has 2 rings (SSSR count). The lowest BCUT2D eigenvalue weighted by atomic mass is 10.1. The Balaban J connectivity index is 2.07. The number of methoxy groups -OCH3 is 1. The minimum Gasteiger partial charge on any atom is -0.497 e. The highest BCUT2D eigenvalue weighted by atomic mass is 19.1. The van der Waals surface area contributed by atoms with Crippen molar-refractivity contribution in [2.45, 2.75) is 31.7 Å². The molecule has 1 N–H and O–H groups in total. The number of carbonyl (C=O) groups is 1. The minimum atomic E-state index is -0.542. The van der Waals surface area contributed by atoms with Gasteiger partial charge in [-0.15, -0.1) is 0 Å². The van der Waals surface area contributed by atoms with Crippen LogP contribution in [0.25, 0.3) is 0 Å². The minimum absolute atomic E-state index is 0.0812. The average molecular weight is 237 g/mol. The van der Waals surface area contributed by atoms with Gasteiger partial charge >= 0.3 is 0 Å². The first-order valence-electron chi connectivity index (χ1n) is 5.85. The quantitative estimate of drug-likeness (QED) is 0.877. The van der Waals surface area contributed by atoms with Gasteiger partial charge < -0.3 is 10.1 Å². The molecular weight excluding hydrogens is 221 g/mol. The van der Waals surface area contributed by atoms with Crippen LogP contribution in [-0.4, -0.2) is 19.1 Å². The maximum absolute atomic E-state index is 13.6. The van der Waals surface area contributed by atoms with Crippen molar-refractivity contribution in [3.05, 3.63) is 29.6 Å². The number of rotatable bonds is 3. The summed E-state index contributed by atoms with van der Waals surface area (Å²) in [5.74, 6) is -0.461. The summed E-state index contributed by atoms with van der Waals surface area (Å²) in [7, 11) is 1.47. The molecule has 0 saturated heterocycles. The van der Waals surface area contributed by atoms with E-state index in [2.05, 4.69) is 5.32 Å². The van der Waals surface area contributed by atoms with Crippen molar-refractivity contribution < 1.29 is 13.9 Å². The topological polar surface area (TPSA) is 38.3 Å². The predicted molar refractivity (Wildman–Crippen MR) is 62.7 cm³/mol. The highest BCUT2D eigenvalue weighted by Crippen LogP contribution is 2.20. The van der Waals surface area contributed by atoms with Crippen molar-refractivity contribution >= 4 is 5.91 Å². The van der Waals surface area contributed by atoms with Crippen LogP contribution in [0, 0.1) is 5.82 Å². The molecular formula is C13H16FNO2. The molecule has 1 aromatic carbocycles. The molecule has 1 aromatic rings. The molecule has 0 bridgehead atoms. The fourth-order valence-corrected chi connectivity index (χ4v) is 2.14. The van der Waals surface area contributed by atoms with Crippen molar-refractivity contribution in [2.75, 3.05) is 7.11 Å². The molecule has 92 valence electrons. The number of carbonyl (C=O) groups excluding carboxylic acids is 1. The third-order valence-corrected chi connectivity index (χ3v) is 3.11. The fourth-order valence-electron chi connectivity index (χ4n) is 2.14. The van der Waals surface area contributed by atoms with E-state index in [1.165, 1.54) is 19.2 Å². The Morgan fingerprint density at radius 3 is 2.71 bits per heavy atom. The Hall–Kier alpha value is -1.58. The van der Waals surface area contributed by atoms with Crippen molar-refractivity contribution in [1.82, 2.24) is 5.32 Å². The van der Waals surface area contributed by atoms with Gasteiger partial charge in [0.2, 0.25) is 0 Å². The van der Waals surface area contributed by atoms with Crippen LogP contribution in [0.3, 0.4) is 0 Å². The molecule has 1 saturated carbocycles. The van der Waals surface area contributed by atoms with Gasteiger partial charge in [0.25, 0.3) is 5.91 Å². The van der Waals surface area contributed by atoms with Crippen LogP contribution in [0.2, 0.25) is 0 Å². The number of hydrogen-bond acceptors (Lipinski definition) is 2. The lowest BCUT2D eigenvalue weighted by Crippen LogP contribution is -2.33. The lowest BCUT2D eigenvalue weighted by Gasteiger charge is -2.12. The molecule has 3 nitrogen and oxygen atoms in total. The van der Waals surface area contributed by atoms with Crippen LogP contribution in [0.5, 0.6) is 5.75 Å². The molecule has 17 heavy (non-hydrogen) atoms. The van der Waals surface area contributed by atoms with Gasteiger partial charge in [0, 0.05) is 12.1 Å². The van der Waals surface area contributed by atoms with E-state index in [1.807, 2.05) is 0 Å². The fraction of sp³-hybridized carbons (Fsp3) is 0.462. The largest absolute Gasteiger partial charge is 0.497 e. The Labute approximate surface area is 100.0 Å². The molecule has 1 amide bonds. The van der Waals surface area contributed by atoms with Gasteiger partial charge in [0.15, 0.2) is 0 Å². The molecule has 0 atom stereocenters. The zero-order chi connectivity index (χ0) is 12.3. The first-order valence-corrected chi connectivity index (χ1v) is 5.85. The molecule has 0 radical (unpaired) electrons. The van der Waals surface area contributed by atoms with Gasteiger partial charge in [-0.3, -0.25) is 4.79 Å². The average Bonchev–Trinajstić information content (AvgIpc) is 2.81. The summed E-state index contributed by atoms with van der Waals surface area (Å²) in [6, 6.07) is 4.47. The van der Waals surface area contributed by atoms with E-state index >= 15 is 0 Å². The second-order valence-corrected chi connectivity index (χ2v) is 4.30. The number of amides is 1. The number of benzene rings is 1. The molecule has 0 unspecified atom stereocenters. The second-order valence-electron chi connectivity index (χ2n) is 4.30. The zero-order valence-electron chi connectivity index (χ0n) is 9.83. The zero-order valence-corrected chi connectivity index (χ0v) is 9.83. The van der Waals surface area contributed by atoms with Crippen LogP contribution in [-0.2, 0) is 0 Å². The molecule has 1 aliphatic rings. The highest BCUT2D eigenvalue weighted by Gasteiger charge is 2.19. The van der Waals surface area contributed by atoms with Gasteiger partial charge in [0.1, 0.15) is 11.6 Å². The number of hydrogen-bond donors (Lipinski definition) is 1. The highest BCUT2D eigenvalue weighted by molar-refractivity contribution is 5.94. The molecule has 4 heteroatoms. The molecule has 0 heterocycles. The first kappa shape index (κ1) is 11.9. The summed E-state index contributed by atoms with van der Waals surface area (Å²) >= 11 is 0. The third-order valence-electron chi connectivity index (χ3n) is 3.11. The molecule has 0 aromatic heterocycles. The Morgan fingerprint density at radius 1 is 1.41 bits per heavy atom. The molecule has 1 fully saturated rings. The Morgan fingerprint density at radius 2 is 2.12 bits per heavy atom. The van der Waals surface area contributed by atoms with E-state index in [0.717, 1.165) is 25.7 Å². The molecule has 0 aliphatic heterocycles. The van der Waals surface area contributed by atoms with Gasteiger partial charge in [-0.2, -0.15) is 0 Å². The van der Waals surface area contributed by atoms with Crippen LogP contribution in [0.1, 0.15) is 36.0 Å². The molecule has 1 aliphatic carbocycles. The van der Waals surface area contributed by atoms with Crippen molar-refractivity contribution in [3.63, 3.8) is 0 Å². The van der Waals surface area contributed by atoms with E-state index in [0.29, 0.717) is 5.75 Å². The standard InChI is InChI=1S/C13H16FNO2/c1-17-10-6-7-11(12(14)8-10)13(16)15-9-4-2-3-5-9/h6-9H,2-5H2,1H3,(H,15,16). The SMILES string of the molecule is COc1ccc(C(=O)NC2CCCC2)c(F)c1. The maximum Gasteiger partial charge on any atom is 0.254 e. The number of nitrogens with one attached hydrogen (secondary N) is 1. The van der Waals surface area contributed by atoms with Crippen LogP contribution in [0.15, 0.2) is 18.2 Å². The summed E-state index contributed by atoms with van der Waals surface area (Å²) in [6.45, 7) is 0. The monoisotopic (exact) mass is 237 g/mol. The smallest absolute Gasteiger partial charge is 0.254 e. The van der Waals surface area contributed by atoms with Crippen LogP contribution in [0.4, 0.5) is 4.39 Å². The van der Waals surface area contributed by atoms with Gasteiger partial charge in [0.05, 0.1) is 12.7 Å². The van der Waals surface area contributed by atoms with Crippen molar-refractivity contribution in [1.29, 1.82) is 0 Å². The Kier molecular flexibility index (Phi) is 3.61. The molecule has 0 spiro atoms. The van der Waals surface area contributed by atoms with E-state index < -0.39 is 5.82 Å². The summed E-state index contributed by atoms with van der Waals surface area (Å²) in [4.78, 5) is 11.8. The van der Waals surface area contributed by atoms with Crippen LogP contribution >= 0.6 is 0 Å². The number of halogens is 1. The first-order chi connectivity index (χ1) is 8.20. The van der Waals surface area contributed by atoms with Crippen molar-refractivity contribution in [2.24, 2.45) is 0 Å². The van der Waals surface area contributed by atoms with Crippen LogP contribution < -0.4 is 10.1 Å². The van der Waals surface area contributed by atoms with E-state index in [1.54, 1.807) is 6.07 Å². The van der Waals surface area contributed by atoms with Gasteiger partial charge in [-0.25, -0.2) is 4.39 Å². The summed E-state index contributed by atoms with van der Waals surface area (Å²) in [5, 5.41) is 2.85. The third kappa shape index (κ3) is 2.75. The van der Waals surface area contributed by atoms with E-state index in [-0.39, 0.29) is 17.5 Å². The lowest BCUT2D eigenvalue weighted by molar-refractivity contribution is 0.0934. The van der Waals surface area contributed by atoms with Crippen molar-refractivity contribution in [3.8, 4) is 5.75 Å². The summed E-state index contributed by atoms with van der Waals surface area (Å²) < 4.78 is 18.5. The van der Waals surface area contributed by atoms with Gasteiger partial charge in [-0.1, -0.05) is 12.8 Å². The summed E-state index contributed by atoms with van der Waals surface area (Å²) in [6.07, 6.45) is 4.25. The van der Waals surface area contributed by atoms with Gasteiger partial charge in [-0.05, 0) is 25.0 Å². The predicted octanol–water partition coefficient (Wildman–Crippen LogP) is 2.51. The Bertz CT molecular complexity index is 414. The summed E-state index contributed by atoms with van der Waals surface area (Å²) in [5.41, 5.74) is 0.0812. The normalized spacial score (nSPS) is 15.9. The second kappa shape index (κ2) is 5.17. The number of ether oxygens (including phenoxy) is 1. The van der Waals surface area contributed by atoms with E-state index in [4.69, 9.17) is 4.74 Å². The van der Waals surface area contributed by atoms with E-state index in [9.17, 15) is 9.18 Å². The maximum atomic E-state index is 13.6.